The summed E-state index contributed by atoms with van der Waals surface area (Å²) in [5.41, 5.74) is 7.14. The van der Waals surface area contributed by atoms with Crippen molar-refractivity contribution in [1.82, 2.24) is 9.97 Å². The molecule has 0 bridgehead atoms. The van der Waals surface area contributed by atoms with Gasteiger partial charge in [-0.05, 0) is 44.0 Å². The van der Waals surface area contributed by atoms with Gasteiger partial charge in [0.2, 0.25) is 5.91 Å². The summed E-state index contributed by atoms with van der Waals surface area (Å²) in [6.45, 7) is 2.76. The van der Waals surface area contributed by atoms with Crippen molar-refractivity contribution in [3.63, 3.8) is 0 Å². The molecule has 0 spiro atoms. The molecule has 7 nitrogen and oxygen atoms in total. The van der Waals surface area contributed by atoms with Crippen LogP contribution < -0.4 is 16.6 Å². The van der Waals surface area contributed by atoms with Gasteiger partial charge in [0, 0.05) is 36.2 Å². The Balaban J connectivity index is 1.75. The number of aromatic nitrogens is 2. The van der Waals surface area contributed by atoms with Gasteiger partial charge in [-0.15, -0.1) is 0 Å². The van der Waals surface area contributed by atoms with Crippen LogP contribution in [0.2, 0.25) is 0 Å². The van der Waals surface area contributed by atoms with Crippen LogP contribution in [-0.2, 0) is 9.53 Å². The van der Waals surface area contributed by atoms with Crippen LogP contribution in [0, 0.1) is 6.92 Å². The van der Waals surface area contributed by atoms with E-state index < -0.39 is 5.54 Å². The molecule has 1 fully saturated rings. The SMILES string of the molecule is Cc1cc(=O)[nH]c(-c2ccc(NC(=O)C3(N)CCOCC3)cc2)n1. The number of H-pyrrole nitrogens is 1. The van der Waals surface area contributed by atoms with Crippen LogP contribution in [0.4, 0.5) is 5.69 Å². The van der Waals surface area contributed by atoms with Crippen LogP contribution in [0.1, 0.15) is 18.5 Å². The molecule has 0 saturated carbocycles. The first kappa shape index (κ1) is 16.4. The quantitative estimate of drug-likeness (QED) is 0.784. The van der Waals surface area contributed by atoms with Crippen LogP contribution in [0.15, 0.2) is 35.1 Å². The van der Waals surface area contributed by atoms with Crippen molar-refractivity contribution in [2.45, 2.75) is 25.3 Å². The zero-order valence-corrected chi connectivity index (χ0v) is 13.5. The highest BCUT2D eigenvalue weighted by atomic mass is 16.5. The average Bonchev–Trinajstić information content (AvgIpc) is 2.55. The molecule has 7 heteroatoms. The fraction of sp³-hybridized carbons (Fsp3) is 0.353. The first-order valence-electron chi connectivity index (χ1n) is 7.83. The molecule has 0 aliphatic carbocycles. The topological polar surface area (TPSA) is 110 Å². The molecule has 0 radical (unpaired) electrons. The monoisotopic (exact) mass is 328 g/mol. The number of aromatic amines is 1. The number of aryl methyl sites for hydroxylation is 1. The Bertz CT molecular complexity index is 792. The number of benzene rings is 1. The maximum atomic E-state index is 12.4. The lowest BCUT2D eigenvalue weighted by Crippen LogP contribution is -2.54. The Morgan fingerprint density at radius 3 is 2.58 bits per heavy atom. The first-order chi connectivity index (χ1) is 11.5. The smallest absolute Gasteiger partial charge is 0.251 e. The Morgan fingerprint density at radius 2 is 1.96 bits per heavy atom. The molecule has 2 aromatic rings. The number of nitrogens with two attached hydrogens (primary N) is 1. The molecule has 2 heterocycles. The molecular formula is C17H20N4O3. The minimum Gasteiger partial charge on any atom is -0.381 e. The second-order valence-electron chi connectivity index (χ2n) is 6.04. The molecule has 4 N–H and O–H groups in total. The van der Waals surface area contributed by atoms with E-state index in [4.69, 9.17) is 10.5 Å². The van der Waals surface area contributed by atoms with E-state index in [1.807, 2.05) is 0 Å². The molecule has 1 aromatic heterocycles. The molecule has 24 heavy (non-hydrogen) atoms. The number of carbonyl (C=O) groups is 1. The normalized spacial score (nSPS) is 16.6. The summed E-state index contributed by atoms with van der Waals surface area (Å²) in [5.74, 6) is 0.290. The van der Waals surface area contributed by atoms with Gasteiger partial charge in [-0.2, -0.15) is 0 Å². The van der Waals surface area contributed by atoms with Crippen LogP contribution in [0.25, 0.3) is 11.4 Å². The molecule has 0 atom stereocenters. The number of carbonyl (C=O) groups excluding carboxylic acids is 1. The highest BCUT2D eigenvalue weighted by Gasteiger charge is 2.35. The Morgan fingerprint density at radius 1 is 1.29 bits per heavy atom. The fourth-order valence-corrected chi connectivity index (χ4v) is 2.65. The maximum absolute atomic E-state index is 12.4. The number of ether oxygens (including phenoxy) is 1. The lowest BCUT2D eigenvalue weighted by Gasteiger charge is -2.31. The van der Waals surface area contributed by atoms with Gasteiger partial charge in [-0.3, -0.25) is 9.59 Å². The van der Waals surface area contributed by atoms with Crippen molar-refractivity contribution in [2.75, 3.05) is 18.5 Å². The summed E-state index contributed by atoms with van der Waals surface area (Å²) in [4.78, 5) is 30.9. The van der Waals surface area contributed by atoms with Crippen LogP contribution >= 0.6 is 0 Å². The van der Waals surface area contributed by atoms with Crippen LogP contribution in [-0.4, -0.2) is 34.6 Å². The van der Waals surface area contributed by atoms with E-state index in [1.54, 1.807) is 31.2 Å². The van der Waals surface area contributed by atoms with E-state index in [1.165, 1.54) is 6.07 Å². The average molecular weight is 328 g/mol. The van der Waals surface area contributed by atoms with Gasteiger partial charge < -0.3 is 20.8 Å². The van der Waals surface area contributed by atoms with Crippen molar-refractivity contribution >= 4 is 11.6 Å². The number of anilines is 1. The second kappa shape index (κ2) is 6.54. The molecule has 1 aliphatic heterocycles. The number of rotatable bonds is 3. The fourth-order valence-electron chi connectivity index (χ4n) is 2.65. The van der Waals surface area contributed by atoms with Gasteiger partial charge >= 0.3 is 0 Å². The highest BCUT2D eigenvalue weighted by Crippen LogP contribution is 2.22. The number of hydrogen-bond donors (Lipinski definition) is 3. The lowest BCUT2D eigenvalue weighted by atomic mass is 9.90. The predicted octanol–water partition coefficient (Wildman–Crippen LogP) is 1.19. The van der Waals surface area contributed by atoms with E-state index in [0.29, 0.717) is 43.3 Å². The second-order valence-corrected chi connectivity index (χ2v) is 6.04. The largest absolute Gasteiger partial charge is 0.381 e. The number of amides is 1. The van der Waals surface area contributed by atoms with Gasteiger partial charge in [0.25, 0.3) is 5.56 Å². The molecule has 0 unspecified atom stereocenters. The molecule has 1 amide bonds. The third-order valence-electron chi connectivity index (χ3n) is 4.12. The molecule has 126 valence electrons. The third kappa shape index (κ3) is 3.52. The molecule has 1 aliphatic rings. The van der Waals surface area contributed by atoms with Gasteiger partial charge in [0.05, 0.1) is 0 Å². The molecular weight excluding hydrogens is 308 g/mol. The van der Waals surface area contributed by atoms with Gasteiger partial charge in [0.15, 0.2) is 0 Å². The van der Waals surface area contributed by atoms with Crippen molar-refractivity contribution < 1.29 is 9.53 Å². The van der Waals surface area contributed by atoms with Crippen molar-refractivity contribution in [2.24, 2.45) is 5.73 Å². The van der Waals surface area contributed by atoms with E-state index in [0.717, 1.165) is 5.56 Å². The minimum absolute atomic E-state index is 0.195. The van der Waals surface area contributed by atoms with Gasteiger partial charge in [-0.25, -0.2) is 4.98 Å². The summed E-state index contributed by atoms with van der Waals surface area (Å²) in [7, 11) is 0. The summed E-state index contributed by atoms with van der Waals surface area (Å²) >= 11 is 0. The summed E-state index contributed by atoms with van der Waals surface area (Å²) in [6, 6.07) is 8.55. The van der Waals surface area contributed by atoms with Crippen molar-refractivity contribution in [1.29, 1.82) is 0 Å². The summed E-state index contributed by atoms with van der Waals surface area (Å²) < 4.78 is 5.25. The summed E-state index contributed by atoms with van der Waals surface area (Å²) in [6.07, 6.45) is 1.01. The zero-order valence-electron chi connectivity index (χ0n) is 13.5. The van der Waals surface area contributed by atoms with Gasteiger partial charge in [-0.1, -0.05) is 0 Å². The van der Waals surface area contributed by atoms with Crippen LogP contribution in [0.5, 0.6) is 0 Å². The Hall–Kier alpha value is -2.51. The van der Waals surface area contributed by atoms with Crippen molar-refractivity contribution in [3.8, 4) is 11.4 Å². The molecule has 1 saturated heterocycles. The number of hydrogen-bond acceptors (Lipinski definition) is 5. The standard InChI is InChI=1S/C17H20N4O3/c1-11-10-14(22)21-15(19-11)12-2-4-13(5-3-12)20-16(23)17(18)6-8-24-9-7-17/h2-5,10H,6-9,18H2,1H3,(H,20,23)(H,19,21,22). The predicted molar refractivity (Wildman–Crippen MR) is 90.6 cm³/mol. The Kier molecular flexibility index (Phi) is 4.46. The maximum Gasteiger partial charge on any atom is 0.251 e. The molecule has 1 aromatic carbocycles. The van der Waals surface area contributed by atoms with E-state index in [-0.39, 0.29) is 11.5 Å². The lowest BCUT2D eigenvalue weighted by molar-refractivity contribution is -0.124. The number of nitrogens with one attached hydrogen (secondary N) is 2. The summed E-state index contributed by atoms with van der Waals surface area (Å²) in [5, 5.41) is 2.84. The highest BCUT2D eigenvalue weighted by molar-refractivity contribution is 5.98. The van der Waals surface area contributed by atoms with E-state index in [2.05, 4.69) is 15.3 Å². The first-order valence-corrected chi connectivity index (χ1v) is 7.83. The zero-order chi connectivity index (χ0) is 17.2. The molecule has 3 rings (SSSR count). The van der Waals surface area contributed by atoms with E-state index >= 15 is 0 Å². The van der Waals surface area contributed by atoms with E-state index in [9.17, 15) is 9.59 Å². The minimum atomic E-state index is -0.889. The Labute approximate surface area is 139 Å². The van der Waals surface area contributed by atoms with Crippen molar-refractivity contribution in [3.05, 3.63) is 46.4 Å². The van der Waals surface area contributed by atoms with Gasteiger partial charge in [0.1, 0.15) is 11.4 Å². The number of nitrogens with zero attached hydrogens (tertiary/aromatic N) is 1. The van der Waals surface area contributed by atoms with Crippen LogP contribution in [0.3, 0.4) is 0 Å². The third-order valence-corrected chi connectivity index (χ3v) is 4.12.